The van der Waals surface area contributed by atoms with Crippen molar-refractivity contribution < 1.29 is 0 Å². The van der Waals surface area contributed by atoms with Crippen LogP contribution in [0.3, 0.4) is 0 Å². The largest absolute Gasteiger partial charge is 0.357 e. The van der Waals surface area contributed by atoms with E-state index < -0.39 is 0 Å². The SMILES string of the molecule is CCNC(=NCc1ccc(CN2CCCC2)cc1)NCc1ncnn1C. The van der Waals surface area contributed by atoms with Crippen molar-refractivity contribution in [3.8, 4) is 0 Å². The van der Waals surface area contributed by atoms with Gasteiger partial charge in [0.1, 0.15) is 12.2 Å². The summed E-state index contributed by atoms with van der Waals surface area (Å²) < 4.78 is 1.76. The Morgan fingerprint density at radius 1 is 1.12 bits per heavy atom. The van der Waals surface area contributed by atoms with Gasteiger partial charge in [-0.25, -0.2) is 9.98 Å². The normalized spacial score (nSPS) is 15.4. The minimum Gasteiger partial charge on any atom is -0.357 e. The Morgan fingerprint density at radius 2 is 1.85 bits per heavy atom. The molecule has 2 aromatic rings. The standard InChI is InChI=1S/C19H29N7/c1-3-20-19(22-13-18-23-15-24-25(18)2)21-12-16-6-8-17(9-7-16)14-26-10-4-5-11-26/h6-9,15H,3-5,10-14H2,1-2H3,(H2,20,21,22). The van der Waals surface area contributed by atoms with E-state index in [2.05, 4.69) is 61.8 Å². The van der Waals surface area contributed by atoms with Crippen molar-refractivity contribution in [2.45, 2.75) is 39.4 Å². The van der Waals surface area contributed by atoms with E-state index in [4.69, 9.17) is 0 Å². The third-order valence-electron chi connectivity index (χ3n) is 4.61. The lowest BCUT2D eigenvalue weighted by Crippen LogP contribution is -2.37. The smallest absolute Gasteiger partial charge is 0.191 e. The highest BCUT2D eigenvalue weighted by atomic mass is 15.3. The Labute approximate surface area is 155 Å². The number of benzene rings is 1. The monoisotopic (exact) mass is 355 g/mol. The molecule has 2 N–H and O–H groups in total. The van der Waals surface area contributed by atoms with Gasteiger partial charge in [-0.05, 0) is 44.0 Å². The molecule has 2 heterocycles. The summed E-state index contributed by atoms with van der Waals surface area (Å²) in [5.74, 6) is 1.67. The van der Waals surface area contributed by atoms with Gasteiger partial charge >= 0.3 is 0 Å². The fourth-order valence-corrected chi connectivity index (χ4v) is 3.10. The molecule has 0 atom stereocenters. The second-order valence-electron chi connectivity index (χ2n) is 6.65. The highest BCUT2D eigenvalue weighted by Gasteiger charge is 2.11. The lowest BCUT2D eigenvalue weighted by Gasteiger charge is -2.14. The highest BCUT2D eigenvalue weighted by Crippen LogP contribution is 2.13. The first-order valence-corrected chi connectivity index (χ1v) is 9.40. The van der Waals surface area contributed by atoms with E-state index in [1.165, 1.54) is 37.1 Å². The third-order valence-corrected chi connectivity index (χ3v) is 4.61. The summed E-state index contributed by atoms with van der Waals surface area (Å²) in [5.41, 5.74) is 2.60. The van der Waals surface area contributed by atoms with Crippen molar-refractivity contribution in [3.63, 3.8) is 0 Å². The molecule has 0 bridgehead atoms. The zero-order chi connectivity index (χ0) is 18.2. The molecule has 0 amide bonds. The Hall–Kier alpha value is -2.41. The molecule has 1 saturated heterocycles. The Morgan fingerprint density at radius 3 is 2.50 bits per heavy atom. The van der Waals surface area contributed by atoms with Gasteiger partial charge in [-0.2, -0.15) is 5.10 Å². The first-order chi connectivity index (χ1) is 12.7. The molecule has 0 spiro atoms. The van der Waals surface area contributed by atoms with E-state index in [0.29, 0.717) is 13.1 Å². The van der Waals surface area contributed by atoms with Gasteiger partial charge in [-0.1, -0.05) is 24.3 Å². The second-order valence-corrected chi connectivity index (χ2v) is 6.65. The van der Waals surface area contributed by atoms with Gasteiger partial charge in [0.15, 0.2) is 5.96 Å². The zero-order valence-electron chi connectivity index (χ0n) is 15.8. The summed E-state index contributed by atoms with van der Waals surface area (Å²) in [6.07, 6.45) is 4.23. The fourth-order valence-electron chi connectivity index (χ4n) is 3.10. The first kappa shape index (κ1) is 18.4. The van der Waals surface area contributed by atoms with Crippen molar-refractivity contribution in [1.82, 2.24) is 30.3 Å². The van der Waals surface area contributed by atoms with Crippen LogP contribution in [0.1, 0.15) is 36.7 Å². The molecule has 3 rings (SSSR count). The van der Waals surface area contributed by atoms with Gasteiger partial charge in [-0.3, -0.25) is 9.58 Å². The lowest BCUT2D eigenvalue weighted by molar-refractivity contribution is 0.331. The molecular formula is C19H29N7. The Bertz CT molecular complexity index is 699. The van der Waals surface area contributed by atoms with E-state index in [1.54, 1.807) is 11.0 Å². The highest BCUT2D eigenvalue weighted by molar-refractivity contribution is 5.79. The number of aliphatic imine (C=N–C) groups is 1. The van der Waals surface area contributed by atoms with Crippen LogP contribution in [0.4, 0.5) is 0 Å². The molecule has 26 heavy (non-hydrogen) atoms. The van der Waals surface area contributed by atoms with Gasteiger partial charge in [-0.15, -0.1) is 0 Å². The van der Waals surface area contributed by atoms with Crippen molar-refractivity contribution in [3.05, 3.63) is 47.5 Å². The molecule has 0 aliphatic carbocycles. The molecule has 0 saturated carbocycles. The van der Waals surface area contributed by atoms with E-state index >= 15 is 0 Å². The summed E-state index contributed by atoms with van der Waals surface area (Å²) >= 11 is 0. The molecule has 140 valence electrons. The first-order valence-electron chi connectivity index (χ1n) is 9.40. The lowest BCUT2D eigenvalue weighted by atomic mass is 10.1. The maximum atomic E-state index is 4.67. The predicted molar refractivity (Wildman–Crippen MR) is 104 cm³/mol. The number of aryl methyl sites for hydroxylation is 1. The van der Waals surface area contributed by atoms with E-state index in [-0.39, 0.29) is 0 Å². The molecule has 0 unspecified atom stereocenters. The molecular weight excluding hydrogens is 326 g/mol. The number of likely N-dealkylation sites (tertiary alicyclic amines) is 1. The van der Waals surface area contributed by atoms with Crippen LogP contribution in [0, 0.1) is 0 Å². The summed E-state index contributed by atoms with van der Waals surface area (Å²) in [6, 6.07) is 8.81. The van der Waals surface area contributed by atoms with Crippen molar-refractivity contribution in [2.75, 3.05) is 19.6 Å². The van der Waals surface area contributed by atoms with Gasteiger partial charge in [0.2, 0.25) is 0 Å². The maximum absolute atomic E-state index is 4.67. The second kappa shape index (κ2) is 9.33. The predicted octanol–water partition coefficient (Wildman–Crippen LogP) is 1.67. The van der Waals surface area contributed by atoms with Crippen LogP contribution >= 0.6 is 0 Å². The van der Waals surface area contributed by atoms with Crippen LogP contribution in [0.2, 0.25) is 0 Å². The topological polar surface area (TPSA) is 70.4 Å². The van der Waals surface area contributed by atoms with Crippen LogP contribution in [0.25, 0.3) is 0 Å². The molecule has 7 nitrogen and oxygen atoms in total. The van der Waals surface area contributed by atoms with E-state index in [0.717, 1.165) is 24.9 Å². The van der Waals surface area contributed by atoms with Gasteiger partial charge in [0.25, 0.3) is 0 Å². The van der Waals surface area contributed by atoms with Crippen molar-refractivity contribution in [2.24, 2.45) is 12.0 Å². The molecule has 1 aromatic heterocycles. The van der Waals surface area contributed by atoms with Crippen LogP contribution in [-0.2, 0) is 26.7 Å². The molecule has 7 heteroatoms. The number of hydrogen-bond donors (Lipinski definition) is 2. The Kier molecular flexibility index (Phi) is 6.60. The molecule has 1 aliphatic heterocycles. The minimum absolute atomic E-state index is 0.594. The summed E-state index contributed by atoms with van der Waals surface area (Å²) in [6.45, 7) is 7.65. The zero-order valence-corrected chi connectivity index (χ0v) is 15.8. The van der Waals surface area contributed by atoms with Crippen LogP contribution in [-0.4, -0.2) is 45.3 Å². The van der Waals surface area contributed by atoms with E-state index in [1.807, 2.05) is 7.05 Å². The van der Waals surface area contributed by atoms with Gasteiger partial charge < -0.3 is 10.6 Å². The quantitative estimate of drug-likeness (QED) is 0.584. The van der Waals surface area contributed by atoms with E-state index in [9.17, 15) is 0 Å². The summed E-state index contributed by atoms with van der Waals surface area (Å²) in [5, 5.41) is 10.7. The molecule has 1 fully saturated rings. The third kappa shape index (κ3) is 5.29. The number of guanidine groups is 1. The van der Waals surface area contributed by atoms with Gasteiger partial charge in [0.05, 0.1) is 13.1 Å². The number of aromatic nitrogens is 3. The average molecular weight is 355 g/mol. The number of nitrogens with one attached hydrogen (secondary N) is 2. The molecule has 1 aliphatic rings. The number of hydrogen-bond acceptors (Lipinski definition) is 4. The summed E-state index contributed by atoms with van der Waals surface area (Å²) in [7, 11) is 1.89. The summed E-state index contributed by atoms with van der Waals surface area (Å²) in [4.78, 5) is 11.4. The van der Waals surface area contributed by atoms with Crippen LogP contribution in [0.15, 0.2) is 35.6 Å². The average Bonchev–Trinajstić information content (AvgIpc) is 3.30. The number of rotatable bonds is 7. The Balaban J connectivity index is 1.53. The van der Waals surface area contributed by atoms with Crippen molar-refractivity contribution in [1.29, 1.82) is 0 Å². The van der Waals surface area contributed by atoms with Gasteiger partial charge in [0, 0.05) is 20.1 Å². The van der Waals surface area contributed by atoms with Crippen molar-refractivity contribution >= 4 is 5.96 Å². The number of nitrogens with zero attached hydrogens (tertiary/aromatic N) is 5. The fraction of sp³-hybridized carbons (Fsp3) is 0.526. The van der Waals surface area contributed by atoms with Crippen LogP contribution < -0.4 is 10.6 Å². The molecule has 0 radical (unpaired) electrons. The minimum atomic E-state index is 0.594. The molecule has 1 aromatic carbocycles. The van der Waals surface area contributed by atoms with Crippen LogP contribution in [0.5, 0.6) is 0 Å². The maximum Gasteiger partial charge on any atom is 0.191 e.